The van der Waals surface area contributed by atoms with Crippen LogP contribution in [0.3, 0.4) is 0 Å². The number of carbonyl (C=O) groups is 1. The quantitative estimate of drug-likeness (QED) is 0.909. The number of carbonyl (C=O) groups excluding carboxylic acids is 1. The van der Waals surface area contributed by atoms with Crippen molar-refractivity contribution in [3.05, 3.63) is 59.2 Å². The van der Waals surface area contributed by atoms with Crippen molar-refractivity contribution in [2.45, 2.75) is 18.8 Å². The lowest BCUT2D eigenvalue weighted by molar-refractivity contribution is 0.0963. The van der Waals surface area contributed by atoms with Crippen LogP contribution in [-0.2, 0) is 6.42 Å². The number of aromatic hydroxyl groups is 1. The summed E-state index contributed by atoms with van der Waals surface area (Å²) in [6.07, 6.45) is 1.15. The van der Waals surface area contributed by atoms with Gasteiger partial charge >= 0.3 is 0 Å². The van der Waals surface area contributed by atoms with Crippen molar-refractivity contribution in [1.29, 1.82) is 0 Å². The van der Waals surface area contributed by atoms with Gasteiger partial charge < -0.3 is 9.84 Å². The van der Waals surface area contributed by atoms with Crippen LogP contribution in [0.25, 0.3) is 0 Å². The fourth-order valence-electron chi connectivity index (χ4n) is 2.86. The summed E-state index contributed by atoms with van der Waals surface area (Å²) in [6.45, 7) is 0. The summed E-state index contributed by atoms with van der Waals surface area (Å²) < 4.78 is 5.13. The Balaban J connectivity index is 2.03. The van der Waals surface area contributed by atoms with Crippen molar-refractivity contribution in [3.8, 4) is 11.5 Å². The van der Waals surface area contributed by atoms with Crippen LogP contribution in [0.1, 0.15) is 33.8 Å². The van der Waals surface area contributed by atoms with E-state index in [4.69, 9.17) is 4.74 Å². The van der Waals surface area contributed by atoms with Gasteiger partial charge in [0, 0.05) is 17.5 Å². The number of methoxy groups -OCH3 is 1. The number of ether oxygens (including phenoxy) is 1. The van der Waals surface area contributed by atoms with Crippen LogP contribution < -0.4 is 4.74 Å². The largest absolute Gasteiger partial charge is 0.504 e. The number of Topliss-reactive ketones (excluding diaryl/α,β-unsaturated/α-hetero) is 1. The van der Waals surface area contributed by atoms with Crippen molar-refractivity contribution in [3.63, 3.8) is 0 Å². The third kappa shape index (κ3) is 2.05. The smallest absolute Gasteiger partial charge is 0.163 e. The van der Waals surface area contributed by atoms with Gasteiger partial charge in [-0.3, -0.25) is 4.79 Å². The summed E-state index contributed by atoms with van der Waals surface area (Å²) >= 11 is 0. The summed E-state index contributed by atoms with van der Waals surface area (Å²) in [5, 5.41) is 10.2. The van der Waals surface area contributed by atoms with E-state index in [1.165, 1.54) is 7.11 Å². The average Bonchev–Trinajstić information content (AvgIpc) is 2.49. The topological polar surface area (TPSA) is 46.5 Å². The molecule has 1 atom stereocenters. The Morgan fingerprint density at radius 1 is 1.10 bits per heavy atom. The first kappa shape index (κ1) is 12.7. The van der Waals surface area contributed by atoms with Gasteiger partial charge in [-0.05, 0) is 30.0 Å². The summed E-state index contributed by atoms with van der Waals surface area (Å²) in [7, 11) is 1.51. The molecular weight excluding hydrogens is 252 g/mol. The standard InChI is InChI=1S/C17H16O3/c1-20-16-8-7-13-14(17(16)19)9-12(10-15(13)18)11-5-3-2-4-6-11/h2-8,12,19H,9-10H2,1H3. The van der Waals surface area contributed by atoms with Crippen molar-refractivity contribution in [2.75, 3.05) is 7.11 Å². The Hall–Kier alpha value is -2.29. The molecule has 0 spiro atoms. The minimum absolute atomic E-state index is 0.0815. The van der Waals surface area contributed by atoms with Crippen molar-refractivity contribution < 1.29 is 14.6 Å². The van der Waals surface area contributed by atoms with E-state index in [1.54, 1.807) is 12.1 Å². The van der Waals surface area contributed by atoms with Gasteiger partial charge in [-0.2, -0.15) is 0 Å². The molecule has 1 unspecified atom stereocenters. The fraction of sp³-hybridized carbons (Fsp3) is 0.235. The van der Waals surface area contributed by atoms with E-state index < -0.39 is 0 Å². The number of hydrogen-bond donors (Lipinski definition) is 1. The lowest BCUT2D eigenvalue weighted by atomic mass is 9.79. The van der Waals surface area contributed by atoms with Gasteiger partial charge in [0.2, 0.25) is 0 Å². The van der Waals surface area contributed by atoms with E-state index in [9.17, 15) is 9.90 Å². The first-order chi connectivity index (χ1) is 9.70. The number of benzene rings is 2. The monoisotopic (exact) mass is 268 g/mol. The Morgan fingerprint density at radius 3 is 2.55 bits per heavy atom. The van der Waals surface area contributed by atoms with E-state index in [0.29, 0.717) is 29.7 Å². The molecule has 0 fully saturated rings. The summed E-state index contributed by atoms with van der Waals surface area (Å²) in [5.74, 6) is 0.719. The van der Waals surface area contributed by atoms with Crippen LogP contribution >= 0.6 is 0 Å². The van der Waals surface area contributed by atoms with Crippen LogP contribution in [0, 0.1) is 0 Å². The van der Waals surface area contributed by atoms with Crippen molar-refractivity contribution in [1.82, 2.24) is 0 Å². The molecule has 3 heteroatoms. The van der Waals surface area contributed by atoms with Gasteiger partial charge in [-0.1, -0.05) is 30.3 Å². The number of ketones is 1. The van der Waals surface area contributed by atoms with Gasteiger partial charge in [0.05, 0.1) is 7.11 Å². The van der Waals surface area contributed by atoms with Gasteiger partial charge in [0.25, 0.3) is 0 Å². The second-order valence-electron chi connectivity index (χ2n) is 5.08. The second-order valence-corrected chi connectivity index (χ2v) is 5.08. The summed E-state index contributed by atoms with van der Waals surface area (Å²) in [5.41, 5.74) is 2.46. The Bertz CT molecular complexity index is 647. The summed E-state index contributed by atoms with van der Waals surface area (Å²) in [4.78, 5) is 12.3. The average molecular weight is 268 g/mol. The molecule has 0 saturated carbocycles. The van der Waals surface area contributed by atoms with Gasteiger partial charge in [-0.15, -0.1) is 0 Å². The zero-order valence-corrected chi connectivity index (χ0v) is 11.3. The number of rotatable bonds is 2. The van der Waals surface area contributed by atoms with Crippen LogP contribution in [-0.4, -0.2) is 18.0 Å². The summed E-state index contributed by atoms with van der Waals surface area (Å²) in [6, 6.07) is 13.4. The first-order valence-electron chi connectivity index (χ1n) is 6.67. The molecule has 2 aromatic rings. The highest BCUT2D eigenvalue weighted by molar-refractivity contribution is 6.00. The highest BCUT2D eigenvalue weighted by atomic mass is 16.5. The van der Waals surface area contributed by atoms with Gasteiger partial charge in [0.1, 0.15) is 0 Å². The third-order valence-corrected chi connectivity index (χ3v) is 3.92. The van der Waals surface area contributed by atoms with E-state index >= 15 is 0 Å². The van der Waals surface area contributed by atoms with Gasteiger partial charge in [0.15, 0.2) is 17.3 Å². The van der Waals surface area contributed by atoms with Crippen LogP contribution in [0.4, 0.5) is 0 Å². The molecule has 0 heterocycles. The molecule has 0 bridgehead atoms. The predicted molar refractivity (Wildman–Crippen MR) is 76.5 cm³/mol. The molecule has 20 heavy (non-hydrogen) atoms. The number of fused-ring (bicyclic) bond motifs is 1. The molecule has 0 radical (unpaired) electrons. The molecule has 3 nitrogen and oxygen atoms in total. The van der Waals surface area contributed by atoms with E-state index in [1.807, 2.05) is 30.3 Å². The molecule has 1 aliphatic rings. The maximum absolute atomic E-state index is 12.3. The van der Waals surface area contributed by atoms with Crippen molar-refractivity contribution in [2.24, 2.45) is 0 Å². The molecule has 1 N–H and O–H groups in total. The molecule has 0 amide bonds. The molecule has 0 saturated heterocycles. The lowest BCUT2D eigenvalue weighted by Crippen LogP contribution is -2.19. The zero-order chi connectivity index (χ0) is 14.1. The molecule has 2 aromatic carbocycles. The highest BCUT2D eigenvalue weighted by Gasteiger charge is 2.29. The first-order valence-corrected chi connectivity index (χ1v) is 6.67. The number of phenols is 1. The SMILES string of the molecule is COc1ccc2c(c1O)CC(c1ccccc1)CC2=O. The number of phenolic OH excluding ortho intramolecular Hbond substituents is 1. The molecular formula is C17H16O3. The Labute approximate surface area is 117 Å². The predicted octanol–water partition coefficient (Wildman–Crippen LogP) is 3.31. The Morgan fingerprint density at radius 2 is 1.85 bits per heavy atom. The Kier molecular flexibility index (Phi) is 3.18. The van der Waals surface area contributed by atoms with Crippen LogP contribution in [0.15, 0.2) is 42.5 Å². The molecule has 0 aromatic heterocycles. The van der Waals surface area contributed by atoms with E-state index in [0.717, 1.165) is 5.56 Å². The molecule has 102 valence electrons. The molecule has 1 aliphatic carbocycles. The highest BCUT2D eigenvalue weighted by Crippen LogP contribution is 2.40. The molecule has 0 aliphatic heterocycles. The van der Waals surface area contributed by atoms with Crippen LogP contribution in [0.2, 0.25) is 0 Å². The maximum atomic E-state index is 12.3. The minimum Gasteiger partial charge on any atom is -0.504 e. The lowest BCUT2D eigenvalue weighted by Gasteiger charge is -2.25. The number of hydrogen-bond acceptors (Lipinski definition) is 3. The minimum atomic E-state index is 0.0815. The van der Waals surface area contributed by atoms with Crippen molar-refractivity contribution >= 4 is 5.78 Å². The zero-order valence-electron chi connectivity index (χ0n) is 11.3. The van der Waals surface area contributed by atoms with E-state index in [-0.39, 0.29) is 17.5 Å². The maximum Gasteiger partial charge on any atom is 0.163 e. The fourth-order valence-corrected chi connectivity index (χ4v) is 2.86. The van der Waals surface area contributed by atoms with E-state index in [2.05, 4.69) is 0 Å². The van der Waals surface area contributed by atoms with Gasteiger partial charge in [-0.25, -0.2) is 0 Å². The molecule has 3 rings (SSSR count). The van der Waals surface area contributed by atoms with Crippen LogP contribution in [0.5, 0.6) is 11.5 Å². The second kappa shape index (κ2) is 5.00. The third-order valence-electron chi connectivity index (χ3n) is 3.92. The normalized spacial score (nSPS) is 17.6.